The van der Waals surface area contributed by atoms with Crippen molar-refractivity contribution in [3.05, 3.63) is 29.8 Å². The topological polar surface area (TPSA) is 47.9 Å². The van der Waals surface area contributed by atoms with Crippen LogP contribution in [0.1, 0.15) is 18.9 Å². The molecule has 1 aromatic rings. The molecule has 2 unspecified atom stereocenters. The molecule has 0 aliphatic carbocycles. The van der Waals surface area contributed by atoms with Crippen LogP contribution in [-0.2, 0) is 15.3 Å². The Balaban J connectivity index is 2.10. The highest BCUT2D eigenvalue weighted by atomic mass is 16.7. The van der Waals surface area contributed by atoms with Crippen LogP contribution in [0.25, 0.3) is 0 Å². The van der Waals surface area contributed by atoms with Gasteiger partial charge >= 0.3 is 0 Å². The molecule has 17 heavy (non-hydrogen) atoms. The molecule has 1 N–H and O–H groups in total. The monoisotopic (exact) mass is 238 g/mol. The maximum absolute atomic E-state index is 8.88. The van der Waals surface area contributed by atoms with Crippen LogP contribution in [0.5, 0.6) is 5.75 Å². The Labute approximate surface area is 101 Å². The number of rotatable bonds is 4. The van der Waals surface area contributed by atoms with Crippen molar-refractivity contribution >= 4 is 0 Å². The largest absolute Gasteiger partial charge is 0.497 e. The Morgan fingerprint density at radius 1 is 1.41 bits per heavy atom. The van der Waals surface area contributed by atoms with Gasteiger partial charge in [0.2, 0.25) is 0 Å². The van der Waals surface area contributed by atoms with Crippen LogP contribution in [-0.4, -0.2) is 31.5 Å². The lowest BCUT2D eigenvalue weighted by Gasteiger charge is -2.23. The van der Waals surface area contributed by atoms with E-state index in [4.69, 9.17) is 19.3 Å². The summed E-state index contributed by atoms with van der Waals surface area (Å²) in [5.41, 5.74) is 0.957. The van der Waals surface area contributed by atoms with E-state index in [1.807, 2.05) is 31.2 Å². The zero-order valence-corrected chi connectivity index (χ0v) is 10.2. The first kappa shape index (κ1) is 12.4. The van der Waals surface area contributed by atoms with E-state index < -0.39 is 5.79 Å². The minimum Gasteiger partial charge on any atom is -0.497 e. The zero-order chi connectivity index (χ0) is 12.3. The van der Waals surface area contributed by atoms with Gasteiger partial charge in [-0.15, -0.1) is 0 Å². The molecule has 1 aliphatic heterocycles. The first-order valence-corrected chi connectivity index (χ1v) is 5.75. The van der Waals surface area contributed by atoms with E-state index >= 15 is 0 Å². The van der Waals surface area contributed by atoms with Gasteiger partial charge in [0.25, 0.3) is 0 Å². The van der Waals surface area contributed by atoms with Gasteiger partial charge in [-0.3, -0.25) is 0 Å². The summed E-state index contributed by atoms with van der Waals surface area (Å²) in [6.45, 7) is 2.53. The number of aliphatic hydroxyl groups excluding tert-OH is 1. The molecule has 4 nitrogen and oxygen atoms in total. The second kappa shape index (κ2) is 5.04. The van der Waals surface area contributed by atoms with Gasteiger partial charge < -0.3 is 19.3 Å². The number of methoxy groups -OCH3 is 1. The highest BCUT2D eigenvalue weighted by Gasteiger charge is 2.38. The SMILES string of the molecule is COc1ccc(C2(C)OCC(CCO)O2)cc1. The standard InChI is InChI=1S/C13H18O4/c1-13(16-9-12(17-13)7-8-14)10-3-5-11(15-2)6-4-10/h3-6,12,14H,7-9H2,1-2H3. The number of benzene rings is 1. The van der Waals surface area contributed by atoms with Crippen molar-refractivity contribution in [2.75, 3.05) is 20.3 Å². The number of aliphatic hydroxyl groups is 1. The summed E-state index contributed by atoms with van der Waals surface area (Å²) >= 11 is 0. The Bertz CT molecular complexity index is 362. The Morgan fingerprint density at radius 2 is 2.12 bits per heavy atom. The highest BCUT2D eigenvalue weighted by Crippen LogP contribution is 2.35. The van der Waals surface area contributed by atoms with E-state index in [1.54, 1.807) is 7.11 Å². The third-order valence-corrected chi connectivity index (χ3v) is 3.00. The molecule has 0 radical (unpaired) electrons. The average molecular weight is 238 g/mol. The number of ether oxygens (including phenoxy) is 3. The van der Waals surface area contributed by atoms with Gasteiger partial charge in [0.15, 0.2) is 5.79 Å². The fourth-order valence-electron chi connectivity index (χ4n) is 1.97. The summed E-state index contributed by atoms with van der Waals surface area (Å²) in [5.74, 6) is 0.0915. The maximum Gasteiger partial charge on any atom is 0.192 e. The summed E-state index contributed by atoms with van der Waals surface area (Å²) in [4.78, 5) is 0. The zero-order valence-electron chi connectivity index (χ0n) is 10.2. The van der Waals surface area contributed by atoms with Crippen molar-refractivity contribution in [1.82, 2.24) is 0 Å². The van der Waals surface area contributed by atoms with Crippen LogP contribution < -0.4 is 4.74 Å². The fourth-order valence-corrected chi connectivity index (χ4v) is 1.97. The van der Waals surface area contributed by atoms with Gasteiger partial charge in [0, 0.05) is 12.2 Å². The third kappa shape index (κ3) is 2.60. The molecule has 0 spiro atoms. The third-order valence-electron chi connectivity index (χ3n) is 3.00. The van der Waals surface area contributed by atoms with Crippen molar-refractivity contribution in [2.24, 2.45) is 0 Å². The van der Waals surface area contributed by atoms with E-state index in [2.05, 4.69) is 0 Å². The minimum absolute atomic E-state index is 0.0351. The molecule has 0 bridgehead atoms. The van der Waals surface area contributed by atoms with Crippen molar-refractivity contribution < 1.29 is 19.3 Å². The summed E-state index contributed by atoms with van der Waals surface area (Å²) in [6.07, 6.45) is 0.568. The lowest BCUT2D eigenvalue weighted by molar-refractivity contribution is -0.163. The first-order chi connectivity index (χ1) is 8.18. The molecule has 4 heteroatoms. The van der Waals surface area contributed by atoms with E-state index in [-0.39, 0.29) is 12.7 Å². The molecule has 1 fully saturated rings. The molecule has 1 aromatic carbocycles. The van der Waals surface area contributed by atoms with Crippen LogP contribution in [0.15, 0.2) is 24.3 Å². The number of hydrogen-bond acceptors (Lipinski definition) is 4. The molecule has 2 atom stereocenters. The molecule has 2 rings (SSSR count). The van der Waals surface area contributed by atoms with E-state index in [9.17, 15) is 0 Å². The van der Waals surface area contributed by atoms with Crippen molar-refractivity contribution in [1.29, 1.82) is 0 Å². The van der Waals surface area contributed by atoms with Crippen molar-refractivity contribution in [3.8, 4) is 5.75 Å². The Hall–Kier alpha value is -1.10. The summed E-state index contributed by atoms with van der Waals surface area (Å²) < 4.78 is 16.6. The van der Waals surface area contributed by atoms with Crippen LogP contribution >= 0.6 is 0 Å². The summed E-state index contributed by atoms with van der Waals surface area (Å²) in [6, 6.07) is 7.62. The van der Waals surface area contributed by atoms with Crippen LogP contribution in [0.4, 0.5) is 0 Å². The Morgan fingerprint density at radius 3 is 2.71 bits per heavy atom. The second-order valence-corrected chi connectivity index (χ2v) is 4.24. The van der Waals surface area contributed by atoms with Gasteiger partial charge in [-0.05, 0) is 37.6 Å². The molecule has 1 heterocycles. The molecule has 1 saturated heterocycles. The molecule has 1 aliphatic rings. The van der Waals surface area contributed by atoms with Crippen LogP contribution in [0, 0.1) is 0 Å². The van der Waals surface area contributed by atoms with Gasteiger partial charge in [0.05, 0.1) is 19.8 Å². The second-order valence-electron chi connectivity index (χ2n) is 4.24. The van der Waals surface area contributed by atoms with Crippen molar-refractivity contribution in [2.45, 2.75) is 25.2 Å². The predicted molar refractivity (Wildman–Crippen MR) is 62.9 cm³/mol. The van der Waals surface area contributed by atoms with E-state index in [1.165, 1.54) is 0 Å². The molecule has 94 valence electrons. The van der Waals surface area contributed by atoms with Crippen LogP contribution in [0.3, 0.4) is 0 Å². The number of hydrogen-bond donors (Lipinski definition) is 1. The van der Waals surface area contributed by atoms with Crippen molar-refractivity contribution in [3.63, 3.8) is 0 Å². The molecule has 0 saturated carbocycles. The fraction of sp³-hybridized carbons (Fsp3) is 0.538. The van der Waals surface area contributed by atoms with Gasteiger partial charge in [-0.1, -0.05) is 0 Å². The van der Waals surface area contributed by atoms with E-state index in [0.29, 0.717) is 13.0 Å². The van der Waals surface area contributed by atoms with Gasteiger partial charge in [-0.25, -0.2) is 0 Å². The molecular weight excluding hydrogens is 220 g/mol. The smallest absolute Gasteiger partial charge is 0.192 e. The molecule has 0 aromatic heterocycles. The lowest BCUT2D eigenvalue weighted by Crippen LogP contribution is -2.24. The maximum atomic E-state index is 8.88. The minimum atomic E-state index is -0.716. The van der Waals surface area contributed by atoms with E-state index in [0.717, 1.165) is 11.3 Å². The average Bonchev–Trinajstić information content (AvgIpc) is 2.73. The van der Waals surface area contributed by atoms with Gasteiger partial charge in [0.1, 0.15) is 5.75 Å². The molecule has 0 amide bonds. The summed E-state index contributed by atoms with van der Waals surface area (Å²) in [5, 5.41) is 8.88. The van der Waals surface area contributed by atoms with Gasteiger partial charge in [-0.2, -0.15) is 0 Å². The normalized spacial score (nSPS) is 28.3. The molecular formula is C13H18O4. The predicted octanol–water partition coefficient (Wildman–Crippen LogP) is 1.67. The summed E-state index contributed by atoms with van der Waals surface area (Å²) in [7, 11) is 1.64. The van der Waals surface area contributed by atoms with Crippen LogP contribution in [0.2, 0.25) is 0 Å². The first-order valence-electron chi connectivity index (χ1n) is 5.75. The lowest BCUT2D eigenvalue weighted by atomic mass is 10.1. The highest BCUT2D eigenvalue weighted by molar-refractivity contribution is 5.29. The quantitative estimate of drug-likeness (QED) is 0.866. The Kier molecular flexibility index (Phi) is 3.66.